The summed E-state index contributed by atoms with van der Waals surface area (Å²) in [4.78, 5) is 0. The number of nitrogen functional groups attached to an aromatic ring is 1. The van der Waals surface area contributed by atoms with Gasteiger partial charge in [-0.25, -0.2) is 0 Å². The quantitative estimate of drug-likeness (QED) is 0.703. The number of nitrogens with two attached hydrogens (primary N) is 1. The van der Waals surface area contributed by atoms with Gasteiger partial charge in [-0.1, -0.05) is 38.5 Å². The molecule has 0 heterocycles. The molecule has 0 aliphatic rings. The summed E-state index contributed by atoms with van der Waals surface area (Å²) in [6.07, 6.45) is 1.22. The molecule has 0 aliphatic heterocycles. The molecule has 1 atom stereocenters. The Labute approximate surface area is 86.5 Å². The Kier molecular flexibility index (Phi) is 4.47. The Morgan fingerprint density at radius 2 is 2.07 bits per heavy atom. The molecule has 78 valence electrons. The van der Waals surface area contributed by atoms with Crippen LogP contribution in [-0.4, -0.2) is 6.54 Å². The summed E-state index contributed by atoms with van der Waals surface area (Å²) >= 11 is 0. The zero-order chi connectivity index (χ0) is 10.4. The van der Waals surface area contributed by atoms with Crippen molar-refractivity contribution in [1.29, 1.82) is 0 Å². The zero-order valence-corrected chi connectivity index (χ0v) is 9.09. The van der Waals surface area contributed by atoms with Gasteiger partial charge in [0, 0.05) is 12.2 Å². The summed E-state index contributed by atoms with van der Waals surface area (Å²) in [6.45, 7) is 6.40. The molecule has 2 heteroatoms. The monoisotopic (exact) mass is 192 g/mol. The molecule has 0 amide bonds. The smallest absolute Gasteiger partial charge is 0.0359 e. The number of anilines is 1. The molecular weight excluding hydrogens is 172 g/mol. The molecule has 0 aromatic heterocycles. The summed E-state index contributed by atoms with van der Waals surface area (Å²) < 4.78 is 0. The summed E-state index contributed by atoms with van der Waals surface area (Å²) in [5.41, 5.74) is 7.90. The van der Waals surface area contributed by atoms with Crippen LogP contribution in [-0.2, 0) is 6.54 Å². The van der Waals surface area contributed by atoms with E-state index in [1.807, 2.05) is 18.2 Å². The van der Waals surface area contributed by atoms with Crippen molar-refractivity contribution in [2.75, 3.05) is 12.3 Å². The first-order valence-electron chi connectivity index (χ1n) is 5.28. The van der Waals surface area contributed by atoms with E-state index in [0.717, 1.165) is 24.7 Å². The van der Waals surface area contributed by atoms with Crippen molar-refractivity contribution in [3.8, 4) is 0 Å². The first-order chi connectivity index (χ1) is 6.74. The van der Waals surface area contributed by atoms with Gasteiger partial charge in [0.05, 0.1) is 0 Å². The molecule has 1 unspecified atom stereocenters. The van der Waals surface area contributed by atoms with Crippen LogP contribution < -0.4 is 11.1 Å². The van der Waals surface area contributed by atoms with Crippen LogP contribution in [0.1, 0.15) is 25.8 Å². The molecule has 1 aromatic carbocycles. The Balaban J connectivity index is 2.35. The molecular formula is C12H20N2. The van der Waals surface area contributed by atoms with Crippen molar-refractivity contribution < 1.29 is 0 Å². The normalized spacial score (nSPS) is 12.7. The van der Waals surface area contributed by atoms with Crippen LogP contribution in [0.2, 0.25) is 0 Å². The standard InChI is InChI=1S/C12H20N2/c1-3-10(2)8-14-9-11-6-4-5-7-12(11)13/h4-7,10,14H,3,8-9,13H2,1-2H3. The van der Waals surface area contributed by atoms with Crippen molar-refractivity contribution in [3.63, 3.8) is 0 Å². The van der Waals surface area contributed by atoms with Gasteiger partial charge in [0.25, 0.3) is 0 Å². The Bertz CT molecular complexity index is 271. The van der Waals surface area contributed by atoms with Crippen molar-refractivity contribution in [2.45, 2.75) is 26.8 Å². The van der Waals surface area contributed by atoms with Gasteiger partial charge in [0.2, 0.25) is 0 Å². The molecule has 0 bridgehead atoms. The van der Waals surface area contributed by atoms with Crippen LogP contribution in [0.5, 0.6) is 0 Å². The highest BCUT2D eigenvalue weighted by Crippen LogP contribution is 2.09. The lowest BCUT2D eigenvalue weighted by Gasteiger charge is -2.11. The van der Waals surface area contributed by atoms with E-state index in [9.17, 15) is 0 Å². The van der Waals surface area contributed by atoms with E-state index in [1.165, 1.54) is 12.0 Å². The van der Waals surface area contributed by atoms with E-state index in [4.69, 9.17) is 5.73 Å². The van der Waals surface area contributed by atoms with E-state index >= 15 is 0 Å². The van der Waals surface area contributed by atoms with Crippen molar-refractivity contribution in [2.24, 2.45) is 5.92 Å². The van der Waals surface area contributed by atoms with Crippen molar-refractivity contribution in [1.82, 2.24) is 5.32 Å². The van der Waals surface area contributed by atoms with Gasteiger partial charge in [-0.3, -0.25) is 0 Å². The molecule has 0 radical (unpaired) electrons. The second-order valence-electron chi connectivity index (χ2n) is 3.84. The summed E-state index contributed by atoms with van der Waals surface area (Å²) in [6, 6.07) is 8.00. The van der Waals surface area contributed by atoms with E-state index in [2.05, 4.69) is 25.2 Å². The Morgan fingerprint density at radius 3 is 2.71 bits per heavy atom. The topological polar surface area (TPSA) is 38.0 Å². The molecule has 2 nitrogen and oxygen atoms in total. The lowest BCUT2D eigenvalue weighted by atomic mass is 10.1. The molecule has 14 heavy (non-hydrogen) atoms. The number of nitrogens with one attached hydrogen (secondary N) is 1. The fourth-order valence-electron chi connectivity index (χ4n) is 1.29. The number of rotatable bonds is 5. The van der Waals surface area contributed by atoms with Gasteiger partial charge in [-0.05, 0) is 24.1 Å². The maximum atomic E-state index is 5.83. The minimum absolute atomic E-state index is 0.736. The second kappa shape index (κ2) is 5.66. The van der Waals surface area contributed by atoms with Gasteiger partial charge in [-0.2, -0.15) is 0 Å². The van der Waals surface area contributed by atoms with Crippen LogP contribution in [0.15, 0.2) is 24.3 Å². The van der Waals surface area contributed by atoms with Crippen LogP contribution in [0.25, 0.3) is 0 Å². The summed E-state index contributed by atoms with van der Waals surface area (Å²) in [7, 11) is 0. The fourth-order valence-corrected chi connectivity index (χ4v) is 1.29. The van der Waals surface area contributed by atoms with E-state index in [0.29, 0.717) is 0 Å². The Hall–Kier alpha value is -1.02. The molecule has 1 rings (SSSR count). The number of benzene rings is 1. The van der Waals surface area contributed by atoms with E-state index < -0.39 is 0 Å². The molecule has 0 spiro atoms. The van der Waals surface area contributed by atoms with Crippen LogP contribution in [0.4, 0.5) is 5.69 Å². The van der Waals surface area contributed by atoms with Crippen LogP contribution >= 0.6 is 0 Å². The number of hydrogen-bond donors (Lipinski definition) is 2. The van der Waals surface area contributed by atoms with E-state index in [-0.39, 0.29) is 0 Å². The molecule has 0 saturated carbocycles. The first-order valence-corrected chi connectivity index (χ1v) is 5.28. The SMILES string of the molecule is CCC(C)CNCc1ccccc1N. The zero-order valence-electron chi connectivity index (χ0n) is 9.09. The predicted octanol–water partition coefficient (Wildman–Crippen LogP) is 2.40. The van der Waals surface area contributed by atoms with Gasteiger partial charge in [0.15, 0.2) is 0 Å². The minimum Gasteiger partial charge on any atom is -0.398 e. The van der Waals surface area contributed by atoms with Crippen LogP contribution in [0, 0.1) is 5.92 Å². The fraction of sp³-hybridized carbons (Fsp3) is 0.500. The largest absolute Gasteiger partial charge is 0.398 e. The van der Waals surface area contributed by atoms with Gasteiger partial charge in [0.1, 0.15) is 0 Å². The minimum atomic E-state index is 0.736. The van der Waals surface area contributed by atoms with Gasteiger partial charge in [-0.15, -0.1) is 0 Å². The number of para-hydroxylation sites is 1. The summed E-state index contributed by atoms with van der Waals surface area (Å²) in [5, 5.41) is 3.41. The molecule has 0 aliphatic carbocycles. The maximum absolute atomic E-state index is 5.83. The van der Waals surface area contributed by atoms with Crippen molar-refractivity contribution >= 4 is 5.69 Å². The average Bonchev–Trinajstić information content (AvgIpc) is 2.20. The third-order valence-electron chi connectivity index (χ3n) is 2.56. The van der Waals surface area contributed by atoms with Gasteiger partial charge >= 0.3 is 0 Å². The second-order valence-corrected chi connectivity index (χ2v) is 3.84. The highest BCUT2D eigenvalue weighted by atomic mass is 14.9. The third kappa shape index (κ3) is 3.38. The lowest BCUT2D eigenvalue weighted by molar-refractivity contribution is 0.500. The Morgan fingerprint density at radius 1 is 1.36 bits per heavy atom. The van der Waals surface area contributed by atoms with Crippen LogP contribution in [0.3, 0.4) is 0 Å². The molecule has 1 aromatic rings. The third-order valence-corrected chi connectivity index (χ3v) is 2.56. The highest BCUT2D eigenvalue weighted by molar-refractivity contribution is 5.46. The molecule has 0 saturated heterocycles. The highest BCUT2D eigenvalue weighted by Gasteiger charge is 1.99. The van der Waals surface area contributed by atoms with Gasteiger partial charge < -0.3 is 11.1 Å². The van der Waals surface area contributed by atoms with E-state index in [1.54, 1.807) is 0 Å². The molecule has 0 fully saturated rings. The predicted molar refractivity (Wildman–Crippen MR) is 62.0 cm³/mol. The maximum Gasteiger partial charge on any atom is 0.0359 e. The average molecular weight is 192 g/mol. The van der Waals surface area contributed by atoms with Crippen molar-refractivity contribution in [3.05, 3.63) is 29.8 Å². The number of hydrogen-bond acceptors (Lipinski definition) is 2. The molecule has 3 N–H and O–H groups in total. The summed E-state index contributed by atoms with van der Waals surface area (Å²) in [5.74, 6) is 0.736. The lowest BCUT2D eigenvalue weighted by Crippen LogP contribution is -2.20. The first kappa shape index (κ1) is 11.1.